The third-order valence-corrected chi connectivity index (χ3v) is 6.83. The quantitative estimate of drug-likeness (QED) is 0.772. The molecule has 1 aromatic rings. The molecule has 2 unspecified atom stereocenters. The number of thioether (sulfide) groups is 1. The number of rotatable bonds is 5. The summed E-state index contributed by atoms with van der Waals surface area (Å²) < 4.78 is 28.1. The number of benzene rings is 1. The maximum absolute atomic E-state index is 12.3. The molecule has 20 heavy (non-hydrogen) atoms. The Morgan fingerprint density at radius 3 is 2.85 bits per heavy atom. The molecule has 112 valence electrons. The Balaban J connectivity index is 2.06. The van der Waals surface area contributed by atoms with Crippen LogP contribution in [0.3, 0.4) is 0 Å². The maximum Gasteiger partial charge on any atom is 0.240 e. The van der Waals surface area contributed by atoms with Crippen molar-refractivity contribution in [3.8, 4) is 0 Å². The standard InChI is InChI=1S/C13H19BrN2O2S2/c1-2-19-10-4-3-9(7-10)16-20(17,18)11-5-6-13(15)12(14)8-11/h5-6,8-10,16H,2-4,7,15H2,1H3. The van der Waals surface area contributed by atoms with Crippen LogP contribution >= 0.6 is 27.7 Å². The fraction of sp³-hybridized carbons (Fsp3) is 0.538. The molecule has 0 bridgehead atoms. The van der Waals surface area contributed by atoms with Crippen LogP contribution in [0.4, 0.5) is 5.69 Å². The Hall–Kier alpha value is -0.240. The van der Waals surface area contributed by atoms with Gasteiger partial charge in [0.1, 0.15) is 0 Å². The Morgan fingerprint density at radius 1 is 1.45 bits per heavy atom. The van der Waals surface area contributed by atoms with Gasteiger partial charge in [-0.15, -0.1) is 0 Å². The molecule has 7 heteroatoms. The number of nitrogens with one attached hydrogen (secondary N) is 1. The van der Waals surface area contributed by atoms with E-state index in [2.05, 4.69) is 27.6 Å². The Bertz CT molecular complexity index is 578. The lowest BCUT2D eigenvalue weighted by Crippen LogP contribution is -2.33. The van der Waals surface area contributed by atoms with Crippen molar-refractivity contribution in [2.24, 2.45) is 0 Å². The first-order chi connectivity index (χ1) is 9.42. The van der Waals surface area contributed by atoms with Crippen molar-refractivity contribution in [2.75, 3.05) is 11.5 Å². The van der Waals surface area contributed by atoms with Gasteiger partial charge in [0.15, 0.2) is 0 Å². The molecule has 1 aliphatic rings. The fourth-order valence-electron chi connectivity index (χ4n) is 2.40. The monoisotopic (exact) mass is 378 g/mol. The summed E-state index contributed by atoms with van der Waals surface area (Å²) in [6, 6.07) is 4.73. The topological polar surface area (TPSA) is 72.2 Å². The summed E-state index contributed by atoms with van der Waals surface area (Å²) in [4.78, 5) is 0.255. The minimum atomic E-state index is -3.47. The van der Waals surface area contributed by atoms with Gasteiger partial charge in [0.05, 0.1) is 4.90 Å². The van der Waals surface area contributed by atoms with Gasteiger partial charge in [-0.2, -0.15) is 11.8 Å². The molecule has 2 rings (SSSR count). The second-order valence-corrected chi connectivity index (χ2v) is 9.04. The van der Waals surface area contributed by atoms with Gasteiger partial charge < -0.3 is 5.73 Å². The van der Waals surface area contributed by atoms with Gasteiger partial charge >= 0.3 is 0 Å². The summed E-state index contributed by atoms with van der Waals surface area (Å²) in [5.41, 5.74) is 6.21. The van der Waals surface area contributed by atoms with E-state index < -0.39 is 10.0 Å². The van der Waals surface area contributed by atoms with Crippen LogP contribution in [-0.2, 0) is 10.0 Å². The summed E-state index contributed by atoms with van der Waals surface area (Å²) in [5.74, 6) is 1.08. The van der Waals surface area contributed by atoms with E-state index in [-0.39, 0.29) is 10.9 Å². The predicted octanol–water partition coefficient (Wildman–Crippen LogP) is 2.98. The van der Waals surface area contributed by atoms with Crippen LogP contribution in [0.5, 0.6) is 0 Å². The van der Waals surface area contributed by atoms with Crippen molar-refractivity contribution < 1.29 is 8.42 Å². The second kappa shape index (κ2) is 6.68. The van der Waals surface area contributed by atoms with Crippen molar-refractivity contribution in [3.05, 3.63) is 22.7 Å². The second-order valence-electron chi connectivity index (χ2n) is 4.89. The molecule has 1 saturated carbocycles. The van der Waals surface area contributed by atoms with E-state index in [9.17, 15) is 8.42 Å². The van der Waals surface area contributed by atoms with E-state index in [4.69, 9.17) is 5.73 Å². The van der Waals surface area contributed by atoms with Crippen LogP contribution in [0.15, 0.2) is 27.6 Å². The molecule has 0 heterocycles. The Labute approximate surface area is 133 Å². The van der Waals surface area contributed by atoms with Gasteiger partial charge in [-0.05, 0) is 59.1 Å². The fourth-order valence-corrected chi connectivity index (χ4v) is 5.38. The summed E-state index contributed by atoms with van der Waals surface area (Å²) in [5, 5.41) is 0.575. The van der Waals surface area contributed by atoms with E-state index in [1.54, 1.807) is 12.1 Å². The summed E-state index contributed by atoms with van der Waals surface area (Å²) in [7, 11) is -3.47. The zero-order valence-corrected chi connectivity index (χ0v) is 14.5. The van der Waals surface area contributed by atoms with Gasteiger partial charge in [0, 0.05) is 21.5 Å². The summed E-state index contributed by atoms with van der Waals surface area (Å²) >= 11 is 5.17. The van der Waals surface area contributed by atoms with E-state index in [1.807, 2.05) is 11.8 Å². The van der Waals surface area contributed by atoms with Crippen LogP contribution in [0.25, 0.3) is 0 Å². The molecule has 3 N–H and O–H groups in total. The van der Waals surface area contributed by atoms with Gasteiger partial charge in [-0.25, -0.2) is 13.1 Å². The molecule has 0 radical (unpaired) electrons. The number of nitrogens with two attached hydrogens (primary N) is 1. The Kier molecular flexibility index (Phi) is 5.39. The first kappa shape index (κ1) is 16.1. The number of hydrogen-bond donors (Lipinski definition) is 2. The minimum absolute atomic E-state index is 0.0420. The van der Waals surface area contributed by atoms with Gasteiger partial charge in [-0.3, -0.25) is 0 Å². The van der Waals surface area contributed by atoms with Crippen LogP contribution in [0, 0.1) is 0 Å². The van der Waals surface area contributed by atoms with Crippen LogP contribution in [0.2, 0.25) is 0 Å². The normalized spacial score (nSPS) is 23.1. The number of hydrogen-bond acceptors (Lipinski definition) is 4. The molecular formula is C13H19BrN2O2S2. The van der Waals surface area contributed by atoms with Crippen molar-refractivity contribution in [3.63, 3.8) is 0 Å². The van der Waals surface area contributed by atoms with Crippen LogP contribution in [-0.4, -0.2) is 25.5 Å². The largest absolute Gasteiger partial charge is 0.398 e. The molecule has 0 saturated heterocycles. The molecular weight excluding hydrogens is 360 g/mol. The first-order valence-electron chi connectivity index (χ1n) is 6.61. The van der Waals surface area contributed by atoms with E-state index >= 15 is 0 Å². The summed E-state index contributed by atoms with van der Waals surface area (Å²) in [6.45, 7) is 2.13. The number of sulfonamides is 1. The molecule has 1 aromatic carbocycles. The average molecular weight is 379 g/mol. The van der Waals surface area contributed by atoms with E-state index in [0.717, 1.165) is 25.0 Å². The number of anilines is 1. The molecule has 2 atom stereocenters. The lowest BCUT2D eigenvalue weighted by Gasteiger charge is -2.14. The molecule has 1 aliphatic carbocycles. The molecule has 0 amide bonds. The van der Waals surface area contributed by atoms with Gasteiger partial charge in [-0.1, -0.05) is 6.92 Å². The zero-order chi connectivity index (χ0) is 14.8. The molecule has 1 fully saturated rings. The van der Waals surface area contributed by atoms with Crippen LogP contribution in [0.1, 0.15) is 26.2 Å². The number of halogens is 1. The highest BCUT2D eigenvalue weighted by Gasteiger charge is 2.28. The molecule has 0 spiro atoms. The van der Waals surface area contributed by atoms with Crippen molar-refractivity contribution in [2.45, 2.75) is 42.4 Å². The molecule has 0 aliphatic heterocycles. The highest BCUT2D eigenvalue weighted by atomic mass is 79.9. The first-order valence-corrected chi connectivity index (χ1v) is 9.94. The van der Waals surface area contributed by atoms with E-state index in [0.29, 0.717) is 15.4 Å². The Morgan fingerprint density at radius 2 is 2.20 bits per heavy atom. The number of nitrogen functional groups attached to an aromatic ring is 1. The van der Waals surface area contributed by atoms with Crippen molar-refractivity contribution >= 4 is 43.4 Å². The van der Waals surface area contributed by atoms with Crippen molar-refractivity contribution in [1.29, 1.82) is 0 Å². The summed E-state index contributed by atoms with van der Waals surface area (Å²) in [6.07, 6.45) is 2.90. The third kappa shape index (κ3) is 3.90. The highest BCUT2D eigenvalue weighted by molar-refractivity contribution is 9.10. The zero-order valence-electron chi connectivity index (χ0n) is 11.3. The lowest BCUT2D eigenvalue weighted by molar-refractivity contribution is 0.552. The van der Waals surface area contributed by atoms with Crippen LogP contribution < -0.4 is 10.5 Å². The van der Waals surface area contributed by atoms with E-state index in [1.165, 1.54) is 6.07 Å². The highest BCUT2D eigenvalue weighted by Crippen LogP contribution is 2.31. The maximum atomic E-state index is 12.3. The predicted molar refractivity (Wildman–Crippen MR) is 88.4 cm³/mol. The van der Waals surface area contributed by atoms with Crippen molar-refractivity contribution in [1.82, 2.24) is 4.72 Å². The molecule has 0 aromatic heterocycles. The van der Waals surface area contributed by atoms with Gasteiger partial charge in [0.2, 0.25) is 10.0 Å². The minimum Gasteiger partial charge on any atom is -0.398 e. The lowest BCUT2D eigenvalue weighted by atomic mass is 10.3. The SMILES string of the molecule is CCSC1CCC(NS(=O)(=O)c2ccc(N)c(Br)c2)C1. The average Bonchev–Trinajstić information content (AvgIpc) is 2.79. The van der Waals surface area contributed by atoms with Gasteiger partial charge in [0.25, 0.3) is 0 Å². The molecule has 4 nitrogen and oxygen atoms in total. The smallest absolute Gasteiger partial charge is 0.240 e. The third-order valence-electron chi connectivity index (χ3n) is 3.39.